The fourth-order valence-electron chi connectivity index (χ4n) is 2.98. The van der Waals surface area contributed by atoms with Crippen LogP contribution in [-0.2, 0) is 16.1 Å². The van der Waals surface area contributed by atoms with E-state index < -0.39 is 0 Å². The van der Waals surface area contributed by atoms with Gasteiger partial charge in [-0.3, -0.25) is 4.90 Å². The fraction of sp³-hybridized carbons (Fsp3) is 0.300. The molecule has 3 rings (SSSR count). The highest BCUT2D eigenvalue weighted by atomic mass is 16.6. The summed E-state index contributed by atoms with van der Waals surface area (Å²) >= 11 is 0. The van der Waals surface area contributed by atoms with Crippen molar-refractivity contribution in [1.29, 1.82) is 0 Å². The molecule has 0 saturated carbocycles. The molecular weight excluding hydrogens is 332 g/mol. The number of nitrogens with zero attached hydrogens (tertiary/aromatic N) is 1. The van der Waals surface area contributed by atoms with E-state index in [0.29, 0.717) is 18.7 Å². The SMILES string of the molecule is COC(=O)c1ccc([C@@H]2CNCCN2C(=O)OCc2ccccc2)cc1. The Labute approximate surface area is 152 Å². The molecule has 2 aromatic carbocycles. The van der Waals surface area contributed by atoms with Crippen LogP contribution in [0.1, 0.15) is 27.5 Å². The van der Waals surface area contributed by atoms with E-state index in [-0.39, 0.29) is 24.7 Å². The maximum Gasteiger partial charge on any atom is 0.410 e. The number of nitrogens with one attached hydrogen (secondary N) is 1. The predicted molar refractivity (Wildman–Crippen MR) is 96.7 cm³/mol. The first-order valence-electron chi connectivity index (χ1n) is 8.55. The van der Waals surface area contributed by atoms with Crippen molar-refractivity contribution in [2.75, 3.05) is 26.7 Å². The molecule has 2 aromatic rings. The van der Waals surface area contributed by atoms with E-state index in [2.05, 4.69) is 5.32 Å². The summed E-state index contributed by atoms with van der Waals surface area (Å²) in [6, 6.07) is 16.6. The minimum absolute atomic E-state index is 0.140. The van der Waals surface area contributed by atoms with Gasteiger partial charge in [0.05, 0.1) is 18.7 Å². The van der Waals surface area contributed by atoms with Crippen LogP contribution in [-0.4, -0.2) is 43.7 Å². The van der Waals surface area contributed by atoms with Gasteiger partial charge in [0.25, 0.3) is 0 Å². The van der Waals surface area contributed by atoms with Gasteiger partial charge in [-0.1, -0.05) is 42.5 Å². The summed E-state index contributed by atoms with van der Waals surface area (Å²) < 4.78 is 10.2. The molecule has 1 fully saturated rings. The third kappa shape index (κ3) is 4.21. The Morgan fingerprint density at radius 2 is 1.85 bits per heavy atom. The number of carbonyl (C=O) groups is 2. The van der Waals surface area contributed by atoms with Gasteiger partial charge in [-0.2, -0.15) is 0 Å². The minimum Gasteiger partial charge on any atom is -0.465 e. The van der Waals surface area contributed by atoms with Gasteiger partial charge < -0.3 is 14.8 Å². The Kier molecular flexibility index (Phi) is 5.86. The van der Waals surface area contributed by atoms with E-state index in [0.717, 1.165) is 17.7 Å². The van der Waals surface area contributed by atoms with Gasteiger partial charge in [0.2, 0.25) is 0 Å². The van der Waals surface area contributed by atoms with Gasteiger partial charge >= 0.3 is 12.1 Å². The molecule has 0 bridgehead atoms. The summed E-state index contributed by atoms with van der Waals surface area (Å²) in [5.74, 6) is -0.377. The summed E-state index contributed by atoms with van der Waals surface area (Å²) in [5, 5.41) is 3.30. The van der Waals surface area contributed by atoms with E-state index in [9.17, 15) is 9.59 Å². The average Bonchev–Trinajstić information content (AvgIpc) is 2.72. The number of methoxy groups -OCH3 is 1. The first-order valence-corrected chi connectivity index (χ1v) is 8.55. The molecule has 0 radical (unpaired) electrons. The quantitative estimate of drug-likeness (QED) is 0.855. The number of esters is 1. The highest BCUT2D eigenvalue weighted by Crippen LogP contribution is 2.24. The van der Waals surface area contributed by atoms with Gasteiger partial charge in [0, 0.05) is 19.6 Å². The maximum absolute atomic E-state index is 12.6. The lowest BCUT2D eigenvalue weighted by Gasteiger charge is -2.35. The molecule has 1 saturated heterocycles. The Morgan fingerprint density at radius 1 is 1.12 bits per heavy atom. The zero-order chi connectivity index (χ0) is 18.4. The molecule has 0 aromatic heterocycles. The lowest BCUT2D eigenvalue weighted by Crippen LogP contribution is -2.48. The molecule has 136 valence electrons. The molecule has 1 aliphatic rings. The van der Waals surface area contributed by atoms with Crippen molar-refractivity contribution >= 4 is 12.1 Å². The molecule has 6 heteroatoms. The van der Waals surface area contributed by atoms with E-state index in [1.807, 2.05) is 42.5 Å². The van der Waals surface area contributed by atoms with Crippen molar-refractivity contribution in [3.8, 4) is 0 Å². The summed E-state index contributed by atoms with van der Waals surface area (Å²) in [6.07, 6.45) is -0.336. The highest BCUT2D eigenvalue weighted by Gasteiger charge is 2.29. The fourth-order valence-corrected chi connectivity index (χ4v) is 2.98. The second-order valence-corrected chi connectivity index (χ2v) is 6.07. The lowest BCUT2D eigenvalue weighted by molar-refractivity contribution is 0.0599. The molecule has 1 atom stereocenters. The van der Waals surface area contributed by atoms with Gasteiger partial charge in [0.15, 0.2) is 0 Å². The van der Waals surface area contributed by atoms with Crippen molar-refractivity contribution < 1.29 is 19.1 Å². The molecule has 1 heterocycles. The Hall–Kier alpha value is -2.86. The molecule has 26 heavy (non-hydrogen) atoms. The summed E-state index contributed by atoms with van der Waals surface area (Å²) in [5.41, 5.74) is 2.38. The van der Waals surface area contributed by atoms with Gasteiger partial charge in [-0.25, -0.2) is 9.59 Å². The van der Waals surface area contributed by atoms with Crippen LogP contribution in [0.5, 0.6) is 0 Å². The second-order valence-electron chi connectivity index (χ2n) is 6.07. The van der Waals surface area contributed by atoms with Crippen molar-refractivity contribution in [3.05, 3.63) is 71.3 Å². The summed E-state index contributed by atoms with van der Waals surface area (Å²) in [6.45, 7) is 2.17. The van der Waals surface area contributed by atoms with E-state index in [4.69, 9.17) is 9.47 Å². The number of ether oxygens (including phenoxy) is 2. The third-order valence-corrected chi connectivity index (χ3v) is 4.40. The van der Waals surface area contributed by atoms with Gasteiger partial charge in [-0.15, -0.1) is 0 Å². The largest absolute Gasteiger partial charge is 0.465 e. The normalized spacial score (nSPS) is 16.8. The van der Waals surface area contributed by atoms with Crippen LogP contribution >= 0.6 is 0 Å². The molecule has 1 amide bonds. The smallest absolute Gasteiger partial charge is 0.410 e. The van der Waals surface area contributed by atoms with Crippen molar-refractivity contribution in [2.24, 2.45) is 0 Å². The first-order chi connectivity index (χ1) is 12.7. The molecule has 0 spiro atoms. The predicted octanol–water partition coefficient (Wildman–Crippen LogP) is 2.76. The minimum atomic E-state index is -0.377. The lowest BCUT2D eigenvalue weighted by atomic mass is 10.0. The summed E-state index contributed by atoms with van der Waals surface area (Å²) in [4.78, 5) is 25.9. The van der Waals surface area contributed by atoms with Crippen LogP contribution in [0.2, 0.25) is 0 Å². The van der Waals surface area contributed by atoms with Crippen LogP contribution < -0.4 is 5.32 Å². The van der Waals surface area contributed by atoms with Gasteiger partial charge in [-0.05, 0) is 23.3 Å². The van der Waals surface area contributed by atoms with Gasteiger partial charge in [0.1, 0.15) is 6.61 Å². The maximum atomic E-state index is 12.6. The molecule has 1 aliphatic heterocycles. The summed E-state index contributed by atoms with van der Waals surface area (Å²) in [7, 11) is 1.35. The number of hydrogen-bond acceptors (Lipinski definition) is 5. The monoisotopic (exact) mass is 354 g/mol. The molecule has 6 nitrogen and oxygen atoms in total. The Bertz CT molecular complexity index is 746. The van der Waals surface area contributed by atoms with Crippen LogP contribution in [0, 0.1) is 0 Å². The zero-order valence-corrected chi connectivity index (χ0v) is 14.7. The number of piperazine rings is 1. The number of hydrogen-bond donors (Lipinski definition) is 1. The van der Waals surface area contributed by atoms with E-state index in [1.165, 1.54) is 7.11 Å². The van der Waals surface area contributed by atoms with Crippen LogP contribution in [0.15, 0.2) is 54.6 Å². The van der Waals surface area contributed by atoms with Crippen molar-refractivity contribution in [2.45, 2.75) is 12.6 Å². The Balaban J connectivity index is 1.69. The first kappa shape index (κ1) is 17.9. The average molecular weight is 354 g/mol. The molecular formula is C20H22N2O4. The number of rotatable bonds is 4. The third-order valence-electron chi connectivity index (χ3n) is 4.40. The van der Waals surface area contributed by atoms with Crippen molar-refractivity contribution in [1.82, 2.24) is 10.2 Å². The van der Waals surface area contributed by atoms with Crippen molar-refractivity contribution in [3.63, 3.8) is 0 Å². The van der Waals surface area contributed by atoms with Crippen LogP contribution in [0.4, 0.5) is 4.79 Å². The number of benzene rings is 2. The topological polar surface area (TPSA) is 67.9 Å². The van der Waals surface area contributed by atoms with Crippen LogP contribution in [0.25, 0.3) is 0 Å². The zero-order valence-electron chi connectivity index (χ0n) is 14.7. The number of amides is 1. The van der Waals surface area contributed by atoms with Crippen LogP contribution in [0.3, 0.4) is 0 Å². The standard InChI is InChI=1S/C20H22N2O4/c1-25-19(23)17-9-7-16(8-10-17)18-13-21-11-12-22(18)20(24)26-14-15-5-3-2-4-6-15/h2-10,18,21H,11-14H2,1H3/t18-/m0/s1. The van der Waals surface area contributed by atoms with E-state index in [1.54, 1.807) is 17.0 Å². The molecule has 0 aliphatic carbocycles. The second kappa shape index (κ2) is 8.49. The Morgan fingerprint density at radius 3 is 2.54 bits per heavy atom. The van der Waals surface area contributed by atoms with E-state index >= 15 is 0 Å². The number of carbonyl (C=O) groups excluding carboxylic acids is 2. The molecule has 1 N–H and O–H groups in total. The highest BCUT2D eigenvalue weighted by molar-refractivity contribution is 5.89. The molecule has 0 unspecified atom stereocenters.